The van der Waals surface area contributed by atoms with E-state index in [0.29, 0.717) is 34.4 Å². The molecule has 1 N–H and O–H groups in total. The number of benzene rings is 2. The minimum atomic E-state index is -0.436. The summed E-state index contributed by atoms with van der Waals surface area (Å²) < 4.78 is 31.7. The summed E-state index contributed by atoms with van der Waals surface area (Å²) in [5.41, 5.74) is 1.08. The van der Waals surface area contributed by atoms with Gasteiger partial charge in [-0.25, -0.2) is 4.39 Å². The van der Waals surface area contributed by atoms with E-state index in [-0.39, 0.29) is 12.5 Å². The Morgan fingerprint density at radius 1 is 1.06 bits per heavy atom. The highest BCUT2D eigenvalue weighted by atomic mass is 19.1. The number of pyridine rings is 1. The fourth-order valence-corrected chi connectivity index (χ4v) is 3.31. The van der Waals surface area contributed by atoms with Gasteiger partial charge in [-0.05, 0) is 56.0 Å². The van der Waals surface area contributed by atoms with E-state index in [1.54, 1.807) is 31.3 Å². The molecule has 1 fully saturated rings. The van der Waals surface area contributed by atoms with Crippen LogP contribution in [0.1, 0.15) is 44.0 Å². The molecule has 1 aliphatic carbocycles. The van der Waals surface area contributed by atoms with E-state index >= 15 is 0 Å². The van der Waals surface area contributed by atoms with Crippen LogP contribution in [0.4, 0.5) is 4.39 Å². The summed E-state index contributed by atoms with van der Waals surface area (Å²) in [7, 11) is 0. The van der Waals surface area contributed by atoms with Crippen LogP contribution in [0.15, 0.2) is 60.8 Å². The molecule has 2 aromatic carbocycles. The monoisotopic (exact) mass is 450 g/mol. The number of carbonyl (C=O) groups is 1. The van der Waals surface area contributed by atoms with Crippen molar-refractivity contribution in [1.29, 1.82) is 0 Å². The molecule has 0 radical (unpaired) electrons. The lowest BCUT2D eigenvalue weighted by molar-refractivity contribution is -0.119. The van der Waals surface area contributed by atoms with Crippen molar-refractivity contribution in [2.45, 2.75) is 39.3 Å². The van der Waals surface area contributed by atoms with Gasteiger partial charge >= 0.3 is 0 Å². The van der Waals surface area contributed by atoms with Crippen LogP contribution in [0, 0.1) is 11.7 Å². The quantitative estimate of drug-likeness (QED) is 0.437. The average Bonchev–Trinajstić information content (AvgIpc) is 3.62. The Bertz CT molecular complexity index is 1100. The molecule has 1 aliphatic rings. The van der Waals surface area contributed by atoms with Gasteiger partial charge in [0.15, 0.2) is 0 Å². The summed E-state index contributed by atoms with van der Waals surface area (Å²) in [5, 5.41) is 2.67. The van der Waals surface area contributed by atoms with Gasteiger partial charge in [-0.1, -0.05) is 12.1 Å². The van der Waals surface area contributed by atoms with E-state index in [1.165, 1.54) is 25.8 Å². The number of hydrogen-bond acceptors (Lipinski definition) is 5. The van der Waals surface area contributed by atoms with Crippen molar-refractivity contribution < 1.29 is 23.4 Å². The maximum Gasteiger partial charge on any atom is 0.217 e. The van der Waals surface area contributed by atoms with Gasteiger partial charge in [0.2, 0.25) is 5.91 Å². The van der Waals surface area contributed by atoms with Crippen molar-refractivity contribution in [1.82, 2.24) is 10.3 Å². The first kappa shape index (κ1) is 22.6. The molecule has 1 heterocycles. The topological polar surface area (TPSA) is 69.7 Å². The highest BCUT2D eigenvalue weighted by Crippen LogP contribution is 2.31. The second kappa shape index (κ2) is 10.3. The smallest absolute Gasteiger partial charge is 0.217 e. The summed E-state index contributed by atoms with van der Waals surface area (Å²) >= 11 is 0. The number of hydrogen-bond donors (Lipinski definition) is 1. The second-order valence-electron chi connectivity index (χ2n) is 8.21. The molecule has 3 aromatic rings. The third-order valence-corrected chi connectivity index (χ3v) is 5.27. The van der Waals surface area contributed by atoms with Gasteiger partial charge in [-0.15, -0.1) is 0 Å². The average molecular weight is 451 g/mol. The normalized spacial score (nSPS) is 13.8. The number of aromatic nitrogens is 1. The third kappa shape index (κ3) is 6.68. The Morgan fingerprint density at radius 2 is 1.82 bits per heavy atom. The molecule has 1 amide bonds. The van der Waals surface area contributed by atoms with Gasteiger partial charge in [0, 0.05) is 24.6 Å². The Morgan fingerprint density at radius 3 is 2.52 bits per heavy atom. The summed E-state index contributed by atoms with van der Waals surface area (Å²) in [6.45, 7) is 4.06. The second-order valence-corrected chi connectivity index (χ2v) is 8.21. The number of ether oxygens (including phenoxy) is 3. The van der Waals surface area contributed by atoms with Crippen LogP contribution in [0.3, 0.4) is 0 Å². The predicted octanol–water partition coefficient (Wildman–Crippen LogP) is 5.58. The summed E-state index contributed by atoms with van der Waals surface area (Å²) in [5.74, 6) is 2.50. The molecule has 33 heavy (non-hydrogen) atoms. The summed E-state index contributed by atoms with van der Waals surface area (Å²) in [6, 6.07) is 15.3. The molecule has 1 saturated carbocycles. The number of carbonyl (C=O) groups excluding carboxylic acids is 1. The molecule has 7 heteroatoms. The lowest BCUT2D eigenvalue weighted by Gasteiger charge is -2.15. The number of amides is 1. The van der Waals surface area contributed by atoms with Crippen molar-refractivity contribution in [2.75, 3.05) is 6.61 Å². The highest BCUT2D eigenvalue weighted by Gasteiger charge is 2.21. The highest BCUT2D eigenvalue weighted by molar-refractivity contribution is 5.73. The van der Waals surface area contributed by atoms with Crippen LogP contribution in [-0.4, -0.2) is 17.5 Å². The maximum absolute atomic E-state index is 14.4. The van der Waals surface area contributed by atoms with E-state index in [4.69, 9.17) is 14.2 Å². The molecule has 172 valence electrons. The van der Waals surface area contributed by atoms with Crippen molar-refractivity contribution in [2.24, 2.45) is 5.92 Å². The molecular weight excluding hydrogens is 423 g/mol. The number of halogens is 1. The summed E-state index contributed by atoms with van der Waals surface area (Å²) in [4.78, 5) is 15.5. The minimum absolute atomic E-state index is 0.185. The molecular formula is C26H27FN2O4. The van der Waals surface area contributed by atoms with Crippen molar-refractivity contribution in [3.8, 4) is 23.0 Å². The lowest BCUT2D eigenvalue weighted by Crippen LogP contribution is -2.24. The van der Waals surface area contributed by atoms with E-state index in [1.807, 2.05) is 30.3 Å². The van der Waals surface area contributed by atoms with E-state index < -0.39 is 11.9 Å². The SMILES string of the molecule is CC(=O)NC(C)c1ccc(OCc2ccc(Oc3cccc(OCC4CC4)c3)cn2)cc1F. The molecule has 1 atom stereocenters. The third-order valence-electron chi connectivity index (χ3n) is 5.27. The van der Waals surface area contributed by atoms with E-state index in [2.05, 4.69) is 10.3 Å². The zero-order valence-electron chi connectivity index (χ0n) is 18.7. The molecule has 1 aromatic heterocycles. The van der Waals surface area contributed by atoms with Crippen LogP contribution in [-0.2, 0) is 11.4 Å². The van der Waals surface area contributed by atoms with Gasteiger partial charge in [-0.3, -0.25) is 9.78 Å². The Balaban J connectivity index is 1.30. The van der Waals surface area contributed by atoms with Gasteiger partial charge in [-0.2, -0.15) is 0 Å². The fraction of sp³-hybridized carbons (Fsp3) is 0.308. The Kier molecular flexibility index (Phi) is 7.07. The predicted molar refractivity (Wildman–Crippen MR) is 122 cm³/mol. The van der Waals surface area contributed by atoms with E-state index in [0.717, 1.165) is 12.4 Å². The first-order valence-corrected chi connectivity index (χ1v) is 11.0. The van der Waals surface area contributed by atoms with Crippen LogP contribution < -0.4 is 19.5 Å². The van der Waals surface area contributed by atoms with Gasteiger partial charge in [0.05, 0.1) is 24.5 Å². The zero-order valence-corrected chi connectivity index (χ0v) is 18.7. The van der Waals surface area contributed by atoms with Gasteiger partial charge < -0.3 is 19.5 Å². The Hall–Kier alpha value is -3.61. The van der Waals surface area contributed by atoms with Crippen molar-refractivity contribution >= 4 is 5.91 Å². The Labute approximate surface area is 192 Å². The fourth-order valence-electron chi connectivity index (χ4n) is 3.31. The van der Waals surface area contributed by atoms with Gasteiger partial charge in [0.25, 0.3) is 0 Å². The maximum atomic E-state index is 14.4. The first-order chi connectivity index (χ1) is 16.0. The molecule has 0 bridgehead atoms. The van der Waals surface area contributed by atoms with Crippen molar-refractivity contribution in [3.63, 3.8) is 0 Å². The van der Waals surface area contributed by atoms with E-state index in [9.17, 15) is 9.18 Å². The molecule has 6 nitrogen and oxygen atoms in total. The van der Waals surface area contributed by atoms with Crippen LogP contribution >= 0.6 is 0 Å². The lowest BCUT2D eigenvalue weighted by atomic mass is 10.1. The van der Waals surface area contributed by atoms with Crippen molar-refractivity contribution in [3.05, 3.63) is 77.9 Å². The number of rotatable bonds is 10. The van der Waals surface area contributed by atoms with Crippen LogP contribution in [0.5, 0.6) is 23.0 Å². The molecule has 0 aliphatic heterocycles. The summed E-state index contributed by atoms with van der Waals surface area (Å²) in [6.07, 6.45) is 4.11. The minimum Gasteiger partial charge on any atom is -0.493 e. The van der Waals surface area contributed by atoms with Crippen LogP contribution in [0.25, 0.3) is 0 Å². The zero-order chi connectivity index (χ0) is 23.2. The van der Waals surface area contributed by atoms with Gasteiger partial charge in [0.1, 0.15) is 35.4 Å². The first-order valence-electron chi connectivity index (χ1n) is 11.0. The molecule has 0 saturated heterocycles. The number of nitrogens with zero attached hydrogens (tertiary/aromatic N) is 1. The number of nitrogens with one attached hydrogen (secondary N) is 1. The molecule has 1 unspecified atom stereocenters. The standard InChI is InChI=1S/C26H27FN2O4/c1-17(29-18(2)30)25-11-10-22(13-26(25)27)32-16-20-8-9-24(14-28-20)33-23-5-3-4-21(12-23)31-15-19-6-7-19/h3-5,8-14,17,19H,6-7,15-16H2,1-2H3,(H,29,30). The molecule has 0 spiro atoms. The largest absolute Gasteiger partial charge is 0.493 e. The van der Waals surface area contributed by atoms with Crippen LogP contribution in [0.2, 0.25) is 0 Å². The molecule has 4 rings (SSSR count).